The molecule has 4 heteroatoms. The van der Waals surface area contributed by atoms with Crippen molar-refractivity contribution in [1.82, 2.24) is 4.98 Å². The summed E-state index contributed by atoms with van der Waals surface area (Å²) in [5.74, 6) is -0.469. The van der Waals surface area contributed by atoms with Crippen LogP contribution in [-0.4, -0.2) is 4.98 Å². The van der Waals surface area contributed by atoms with Gasteiger partial charge in [0.2, 0.25) is 0 Å². The van der Waals surface area contributed by atoms with E-state index in [2.05, 4.69) is 16.9 Å². The van der Waals surface area contributed by atoms with Gasteiger partial charge in [0.05, 0.1) is 5.69 Å². The summed E-state index contributed by atoms with van der Waals surface area (Å²) in [6, 6.07) is 15.9. The molecule has 3 rings (SSSR count). The normalized spacial score (nSPS) is 11.3. The van der Waals surface area contributed by atoms with Crippen LogP contribution in [0, 0.1) is 12.7 Å². The summed E-state index contributed by atoms with van der Waals surface area (Å²) < 4.78 is 29.3. The van der Waals surface area contributed by atoms with Crippen LogP contribution in [0.1, 0.15) is 30.5 Å². The fraction of sp³-hybridized carbons (Fsp3) is 0.174. The summed E-state index contributed by atoms with van der Waals surface area (Å²) in [4.78, 5) is 4.21. The third kappa shape index (κ3) is 4.22. The third-order valence-electron chi connectivity index (χ3n) is 4.37. The van der Waals surface area contributed by atoms with Gasteiger partial charge in [-0.25, -0.2) is 8.78 Å². The van der Waals surface area contributed by atoms with Crippen LogP contribution < -0.4 is 5.32 Å². The molecule has 0 amide bonds. The molecule has 1 aromatic heterocycles. The fourth-order valence-corrected chi connectivity index (χ4v) is 2.88. The predicted octanol–water partition coefficient (Wildman–Crippen LogP) is 6.48. The number of nitrogens with zero attached hydrogens (tertiary/aromatic N) is 1. The first-order valence-corrected chi connectivity index (χ1v) is 8.73. The molecule has 27 heavy (non-hydrogen) atoms. The molecular weight excluding hydrogens is 342 g/mol. The first kappa shape index (κ1) is 18.8. The Morgan fingerprint density at radius 3 is 2.41 bits per heavy atom. The molecule has 138 valence electrons. The number of aromatic nitrogens is 1. The molecule has 0 aliphatic heterocycles. The number of aryl methyl sites for hydroxylation is 1. The summed E-state index contributed by atoms with van der Waals surface area (Å²) >= 11 is 0. The van der Waals surface area contributed by atoms with Crippen molar-refractivity contribution < 1.29 is 8.78 Å². The number of rotatable bonds is 5. The van der Waals surface area contributed by atoms with Crippen molar-refractivity contribution in [1.29, 1.82) is 0 Å². The number of halogens is 2. The first-order valence-electron chi connectivity index (χ1n) is 8.73. The van der Waals surface area contributed by atoms with Crippen molar-refractivity contribution in [2.24, 2.45) is 0 Å². The monoisotopic (exact) mass is 364 g/mol. The molecule has 3 aromatic rings. The maximum Gasteiger partial charge on any atom is 0.133 e. The fourth-order valence-electron chi connectivity index (χ4n) is 2.88. The van der Waals surface area contributed by atoms with Crippen LogP contribution in [0.5, 0.6) is 0 Å². The summed E-state index contributed by atoms with van der Waals surface area (Å²) in [5, 5.41) is 3.17. The van der Waals surface area contributed by atoms with E-state index < -0.39 is 11.5 Å². The van der Waals surface area contributed by atoms with Crippen molar-refractivity contribution in [3.63, 3.8) is 0 Å². The molecule has 2 nitrogen and oxygen atoms in total. The molecule has 0 spiro atoms. The molecule has 0 fully saturated rings. The summed E-state index contributed by atoms with van der Waals surface area (Å²) in [5.41, 5.74) is 2.54. The van der Waals surface area contributed by atoms with Crippen LogP contribution in [0.15, 0.2) is 67.4 Å². The lowest BCUT2D eigenvalue weighted by Gasteiger charge is -2.19. The number of hydrogen-bond acceptors (Lipinski definition) is 2. The summed E-state index contributed by atoms with van der Waals surface area (Å²) in [7, 11) is 0. The maximum atomic E-state index is 14.8. The van der Waals surface area contributed by atoms with Gasteiger partial charge in [0.15, 0.2) is 0 Å². The van der Waals surface area contributed by atoms with E-state index in [1.165, 1.54) is 26.1 Å². The van der Waals surface area contributed by atoms with Gasteiger partial charge < -0.3 is 5.32 Å². The molecule has 0 aliphatic rings. The Labute approximate surface area is 158 Å². The quantitative estimate of drug-likeness (QED) is 0.560. The van der Waals surface area contributed by atoms with Crippen molar-refractivity contribution >= 4 is 11.4 Å². The lowest BCUT2D eigenvalue weighted by atomic mass is 9.94. The second-order valence-electron chi connectivity index (χ2n) is 7.04. The SMILES string of the molecule is C=C(Nc1ccc(C)cc1)c1ccc(-c2ncccc2C(C)(C)F)c(F)c1. The molecule has 1 N–H and O–H groups in total. The van der Waals surface area contributed by atoms with E-state index in [0.29, 0.717) is 22.5 Å². The van der Waals surface area contributed by atoms with Crippen molar-refractivity contribution in [2.75, 3.05) is 5.32 Å². The van der Waals surface area contributed by atoms with Gasteiger partial charge in [-0.05, 0) is 51.1 Å². The minimum Gasteiger partial charge on any atom is -0.356 e. The molecule has 0 saturated carbocycles. The highest BCUT2D eigenvalue weighted by atomic mass is 19.1. The molecular formula is C23H22F2N2. The number of pyridine rings is 1. The molecule has 2 aromatic carbocycles. The van der Waals surface area contributed by atoms with Gasteiger partial charge in [0.1, 0.15) is 11.5 Å². The number of benzene rings is 2. The minimum absolute atomic E-state index is 0.267. The molecule has 0 aliphatic carbocycles. The van der Waals surface area contributed by atoms with Gasteiger partial charge in [0.25, 0.3) is 0 Å². The largest absolute Gasteiger partial charge is 0.356 e. The molecule has 1 heterocycles. The molecule has 0 atom stereocenters. The van der Waals surface area contributed by atoms with Gasteiger partial charge >= 0.3 is 0 Å². The van der Waals surface area contributed by atoms with Crippen LogP contribution in [0.25, 0.3) is 17.0 Å². The average Bonchev–Trinajstić information content (AvgIpc) is 2.63. The van der Waals surface area contributed by atoms with Crippen molar-refractivity contribution in [3.05, 3.63) is 89.9 Å². The number of nitrogens with one attached hydrogen (secondary N) is 1. The summed E-state index contributed by atoms with van der Waals surface area (Å²) in [6.07, 6.45) is 1.54. The van der Waals surface area contributed by atoms with Crippen LogP contribution in [-0.2, 0) is 5.67 Å². The van der Waals surface area contributed by atoms with Gasteiger partial charge in [-0.2, -0.15) is 0 Å². The molecule has 0 radical (unpaired) electrons. The first-order chi connectivity index (χ1) is 12.8. The van der Waals surface area contributed by atoms with E-state index in [0.717, 1.165) is 11.3 Å². The zero-order valence-electron chi connectivity index (χ0n) is 15.7. The Kier molecular flexibility index (Phi) is 5.08. The molecule has 0 bridgehead atoms. The second-order valence-corrected chi connectivity index (χ2v) is 7.04. The number of hydrogen-bond donors (Lipinski definition) is 1. The second kappa shape index (κ2) is 7.31. The number of alkyl halides is 1. The molecule has 0 unspecified atom stereocenters. The maximum absolute atomic E-state index is 14.8. The van der Waals surface area contributed by atoms with E-state index >= 15 is 0 Å². The predicted molar refractivity (Wildman–Crippen MR) is 108 cm³/mol. The standard InChI is InChI=1S/C23H22F2N2/c1-15-7-10-18(11-8-15)27-16(2)17-9-12-19(21(24)14-17)22-20(23(3,4)25)6-5-13-26-22/h5-14,27H,2H2,1,3-4H3. The molecule has 0 saturated heterocycles. The smallest absolute Gasteiger partial charge is 0.133 e. The summed E-state index contributed by atoms with van der Waals surface area (Å²) in [6.45, 7) is 8.88. The highest BCUT2D eigenvalue weighted by Gasteiger charge is 2.25. The van der Waals surface area contributed by atoms with E-state index in [1.807, 2.05) is 31.2 Å². The van der Waals surface area contributed by atoms with E-state index in [-0.39, 0.29) is 5.56 Å². The van der Waals surface area contributed by atoms with Gasteiger partial charge in [-0.1, -0.05) is 36.4 Å². The Bertz CT molecular complexity index is 970. The van der Waals surface area contributed by atoms with Crippen LogP contribution in [0.2, 0.25) is 0 Å². The highest BCUT2D eigenvalue weighted by molar-refractivity contribution is 5.77. The lowest BCUT2D eigenvalue weighted by molar-refractivity contribution is 0.221. The topological polar surface area (TPSA) is 24.9 Å². The van der Waals surface area contributed by atoms with E-state index in [9.17, 15) is 8.78 Å². The van der Waals surface area contributed by atoms with E-state index in [1.54, 1.807) is 24.3 Å². The zero-order valence-corrected chi connectivity index (χ0v) is 15.7. The van der Waals surface area contributed by atoms with Gasteiger partial charge in [0, 0.05) is 34.3 Å². The third-order valence-corrected chi connectivity index (χ3v) is 4.37. The Morgan fingerprint density at radius 2 is 1.78 bits per heavy atom. The van der Waals surface area contributed by atoms with Gasteiger partial charge in [-0.3, -0.25) is 4.98 Å². The number of anilines is 1. The lowest BCUT2D eigenvalue weighted by Crippen LogP contribution is -2.12. The minimum atomic E-state index is -1.62. The Morgan fingerprint density at radius 1 is 1.07 bits per heavy atom. The Balaban J connectivity index is 1.91. The highest BCUT2D eigenvalue weighted by Crippen LogP contribution is 2.34. The van der Waals surface area contributed by atoms with E-state index in [4.69, 9.17) is 0 Å². The van der Waals surface area contributed by atoms with Crippen LogP contribution in [0.4, 0.5) is 14.5 Å². The van der Waals surface area contributed by atoms with Crippen molar-refractivity contribution in [3.8, 4) is 11.3 Å². The van der Waals surface area contributed by atoms with Crippen molar-refractivity contribution in [2.45, 2.75) is 26.4 Å². The van der Waals surface area contributed by atoms with Gasteiger partial charge in [-0.15, -0.1) is 0 Å². The Hall–Kier alpha value is -3.01. The van der Waals surface area contributed by atoms with Crippen LogP contribution in [0.3, 0.4) is 0 Å². The zero-order chi connectivity index (χ0) is 19.6. The van der Waals surface area contributed by atoms with Crippen LogP contribution >= 0.6 is 0 Å². The average molecular weight is 364 g/mol.